The largest absolute Gasteiger partial charge is 0.299 e. The van der Waals surface area contributed by atoms with Crippen molar-refractivity contribution in [2.24, 2.45) is 35.5 Å². The Labute approximate surface area is 99.0 Å². The standard InChI is InChI=1S/C15H24O/c1-9-6-10(2)8-11(7-9)15(16)14-12-4-3-5-13(12)14/h9-14H,3-8H2,1-2H3. The van der Waals surface area contributed by atoms with Crippen molar-refractivity contribution in [3.05, 3.63) is 0 Å². The summed E-state index contributed by atoms with van der Waals surface area (Å²) in [7, 11) is 0. The summed E-state index contributed by atoms with van der Waals surface area (Å²) in [6.45, 7) is 4.65. The predicted molar refractivity (Wildman–Crippen MR) is 65.0 cm³/mol. The van der Waals surface area contributed by atoms with Crippen LogP contribution in [0.5, 0.6) is 0 Å². The molecule has 3 rings (SSSR count). The van der Waals surface area contributed by atoms with Gasteiger partial charge >= 0.3 is 0 Å². The van der Waals surface area contributed by atoms with Gasteiger partial charge < -0.3 is 0 Å². The van der Waals surface area contributed by atoms with E-state index in [1.54, 1.807) is 0 Å². The number of hydrogen-bond donors (Lipinski definition) is 0. The molecular formula is C15H24O. The maximum absolute atomic E-state index is 12.5. The normalized spacial score (nSPS) is 51.1. The average molecular weight is 220 g/mol. The van der Waals surface area contributed by atoms with E-state index in [1.807, 2.05) is 0 Å². The highest BCUT2D eigenvalue weighted by atomic mass is 16.1. The fraction of sp³-hybridized carbons (Fsp3) is 0.933. The van der Waals surface area contributed by atoms with Crippen molar-refractivity contribution in [1.82, 2.24) is 0 Å². The molecule has 4 unspecified atom stereocenters. The van der Waals surface area contributed by atoms with E-state index in [9.17, 15) is 4.79 Å². The Morgan fingerprint density at radius 2 is 1.50 bits per heavy atom. The van der Waals surface area contributed by atoms with Crippen molar-refractivity contribution in [2.75, 3.05) is 0 Å². The second-order valence-electron chi connectivity index (χ2n) is 6.80. The highest BCUT2D eigenvalue weighted by molar-refractivity contribution is 5.86. The minimum atomic E-state index is 0.425. The zero-order valence-corrected chi connectivity index (χ0v) is 10.6. The van der Waals surface area contributed by atoms with E-state index in [0.29, 0.717) is 17.6 Å². The Bertz CT molecular complexity index is 276. The van der Waals surface area contributed by atoms with Gasteiger partial charge in [-0.15, -0.1) is 0 Å². The summed E-state index contributed by atoms with van der Waals surface area (Å²) >= 11 is 0. The molecule has 0 amide bonds. The first-order chi connectivity index (χ1) is 7.66. The fourth-order valence-electron chi connectivity index (χ4n) is 4.69. The number of rotatable bonds is 2. The topological polar surface area (TPSA) is 17.1 Å². The van der Waals surface area contributed by atoms with Gasteiger partial charge in [0, 0.05) is 11.8 Å². The summed E-state index contributed by atoms with van der Waals surface area (Å²) in [6, 6.07) is 0. The van der Waals surface area contributed by atoms with Crippen LogP contribution in [0.1, 0.15) is 52.4 Å². The molecule has 0 N–H and O–H groups in total. The third-order valence-electron chi connectivity index (χ3n) is 5.32. The van der Waals surface area contributed by atoms with Gasteiger partial charge in [0.25, 0.3) is 0 Å². The molecule has 0 bridgehead atoms. The second-order valence-corrected chi connectivity index (χ2v) is 6.80. The van der Waals surface area contributed by atoms with Crippen LogP contribution >= 0.6 is 0 Å². The van der Waals surface area contributed by atoms with E-state index in [2.05, 4.69) is 13.8 Å². The van der Waals surface area contributed by atoms with Crippen LogP contribution in [0.4, 0.5) is 0 Å². The van der Waals surface area contributed by atoms with Gasteiger partial charge in [0.05, 0.1) is 0 Å². The Balaban J connectivity index is 1.62. The lowest BCUT2D eigenvalue weighted by Crippen LogP contribution is -2.28. The van der Waals surface area contributed by atoms with Gasteiger partial charge in [-0.05, 0) is 55.8 Å². The van der Waals surface area contributed by atoms with Crippen LogP contribution in [0.3, 0.4) is 0 Å². The summed E-state index contributed by atoms with van der Waals surface area (Å²) < 4.78 is 0. The number of hydrogen-bond acceptors (Lipinski definition) is 1. The minimum Gasteiger partial charge on any atom is -0.299 e. The predicted octanol–water partition coefficient (Wildman–Crippen LogP) is 3.67. The number of ketones is 1. The molecule has 90 valence electrons. The summed E-state index contributed by atoms with van der Waals surface area (Å²) in [4.78, 5) is 12.5. The molecule has 0 aromatic heterocycles. The summed E-state index contributed by atoms with van der Waals surface area (Å²) in [5.74, 6) is 4.78. The average Bonchev–Trinajstić information content (AvgIpc) is 2.68. The summed E-state index contributed by atoms with van der Waals surface area (Å²) in [6.07, 6.45) is 7.77. The molecule has 0 radical (unpaired) electrons. The van der Waals surface area contributed by atoms with E-state index < -0.39 is 0 Å². The zero-order valence-electron chi connectivity index (χ0n) is 10.6. The quantitative estimate of drug-likeness (QED) is 0.694. The van der Waals surface area contributed by atoms with Gasteiger partial charge in [-0.25, -0.2) is 0 Å². The number of Topliss-reactive ketones (excluding diaryl/α,β-unsaturated/α-hetero) is 1. The van der Waals surface area contributed by atoms with Crippen LogP contribution < -0.4 is 0 Å². The Morgan fingerprint density at radius 1 is 0.938 bits per heavy atom. The first-order valence-electron chi connectivity index (χ1n) is 7.20. The molecule has 0 aromatic rings. The zero-order chi connectivity index (χ0) is 11.3. The van der Waals surface area contributed by atoms with Gasteiger partial charge in [0.1, 0.15) is 5.78 Å². The molecule has 3 saturated carbocycles. The molecule has 3 aliphatic carbocycles. The van der Waals surface area contributed by atoms with Gasteiger partial charge in [-0.3, -0.25) is 4.79 Å². The number of carbonyl (C=O) groups is 1. The van der Waals surface area contributed by atoms with Crippen LogP contribution in [0.15, 0.2) is 0 Å². The van der Waals surface area contributed by atoms with E-state index >= 15 is 0 Å². The monoisotopic (exact) mass is 220 g/mol. The minimum absolute atomic E-state index is 0.425. The molecule has 0 heterocycles. The van der Waals surface area contributed by atoms with Crippen LogP contribution in [0.25, 0.3) is 0 Å². The third kappa shape index (κ3) is 1.72. The molecule has 1 nitrogen and oxygen atoms in total. The number of carbonyl (C=O) groups excluding carboxylic acids is 1. The molecule has 0 aliphatic heterocycles. The van der Waals surface area contributed by atoms with Crippen molar-refractivity contribution in [3.63, 3.8) is 0 Å². The molecule has 3 aliphatic rings. The van der Waals surface area contributed by atoms with Crippen molar-refractivity contribution in [2.45, 2.75) is 52.4 Å². The SMILES string of the molecule is CC1CC(C)CC(C(=O)C2C3CCCC32)C1. The summed E-state index contributed by atoms with van der Waals surface area (Å²) in [5, 5.41) is 0. The lowest BCUT2D eigenvalue weighted by atomic mass is 9.74. The van der Waals surface area contributed by atoms with Gasteiger partial charge in [0.2, 0.25) is 0 Å². The molecule has 0 aromatic carbocycles. The molecule has 0 spiro atoms. The molecular weight excluding hydrogens is 196 g/mol. The van der Waals surface area contributed by atoms with E-state index in [4.69, 9.17) is 0 Å². The molecule has 1 heteroatoms. The first kappa shape index (κ1) is 10.8. The second kappa shape index (κ2) is 3.85. The van der Waals surface area contributed by atoms with Crippen molar-refractivity contribution < 1.29 is 4.79 Å². The maximum atomic E-state index is 12.5. The Hall–Kier alpha value is -0.330. The molecule has 3 fully saturated rings. The Morgan fingerprint density at radius 3 is 2.06 bits per heavy atom. The van der Waals surface area contributed by atoms with Crippen LogP contribution in [0.2, 0.25) is 0 Å². The van der Waals surface area contributed by atoms with Crippen molar-refractivity contribution in [3.8, 4) is 0 Å². The van der Waals surface area contributed by atoms with Gasteiger partial charge in [-0.2, -0.15) is 0 Å². The van der Waals surface area contributed by atoms with Crippen molar-refractivity contribution in [1.29, 1.82) is 0 Å². The van der Waals surface area contributed by atoms with Crippen molar-refractivity contribution >= 4 is 5.78 Å². The summed E-state index contributed by atoms with van der Waals surface area (Å²) in [5.41, 5.74) is 0. The van der Waals surface area contributed by atoms with Gasteiger partial charge in [0.15, 0.2) is 0 Å². The molecule has 4 atom stereocenters. The van der Waals surface area contributed by atoms with Crippen LogP contribution in [0, 0.1) is 35.5 Å². The van der Waals surface area contributed by atoms with Crippen LogP contribution in [-0.4, -0.2) is 5.78 Å². The first-order valence-corrected chi connectivity index (χ1v) is 7.20. The fourth-order valence-corrected chi connectivity index (χ4v) is 4.69. The molecule has 0 saturated heterocycles. The van der Waals surface area contributed by atoms with Gasteiger partial charge in [-0.1, -0.05) is 20.3 Å². The van der Waals surface area contributed by atoms with Crippen LogP contribution in [-0.2, 0) is 4.79 Å². The van der Waals surface area contributed by atoms with E-state index in [1.165, 1.54) is 38.5 Å². The highest BCUT2D eigenvalue weighted by Gasteiger charge is 2.57. The van der Waals surface area contributed by atoms with E-state index in [-0.39, 0.29) is 0 Å². The maximum Gasteiger partial charge on any atom is 0.139 e. The Kier molecular flexibility index (Phi) is 2.60. The molecule has 16 heavy (non-hydrogen) atoms. The highest BCUT2D eigenvalue weighted by Crippen LogP contribution is 2.59. The van der Waals surface area contributed by atoms with E-state index in [0.717, 1.165) is 23.7 Å². The number of fused-ring (bicyclic) bond motifs is 1. The third-order valence-corrected chi connectivity index (χ3v) is 5.32. The lowest BCUT2D eigenvalue weighted by molar-refractivity contribution is -0.126. The lowest BCUT2D eigenvalue weighted by Gasteiger charge is -2.30. The smallest absolute Gasteiger partial charge is 0.139 e.